The molecule has 3 aromatic heterocycles. The van der Waals surface area contributed by atoms with Gasteiger partial charge in [0, 0.05) is 6.07 Å². The van der Waals surface area contributed by atoms with Gasteiger partial charge < -0.3 is 14.2 Å². The summed E-state index contributed by atoms with van der Waals surface area (Å²) in [6, 6.07) is 11.2. The molecule has 30 heavy (non-hydrogen) atoms. The second-order valence-corrected chi connectivity index (χ2v) is 6.44. The molecular formula is C22H23N5O3. The Bertz CT molecular complexity index is 1170. The molecular weight excluding hydrogens is 382 g/mol. The zero-order valence-corrected chi connectivity index (χ0v) is 17.4. The Balaban J connectivity index is 2.06. The molecule has 0 unspecified atom stereocenters. The van der Waals surface area contributed by atoms with Crippen LogP contribution in [0.5, 0.6) is 17.4 Å². The lowest BCUT2D eigenvalue weighted by molar-refractivity contribution is 0.327. The van der Waals surface area contributed by atoms with Crippen molar-refractivity contribution in [2.45, 2.75) is 20.3 Å². The number of aryl methyl sites for hydroxylation is 1. The van der Waals surface area contributed by atoms with E-state index in [-0.39, 0.29) is 0 Å². The molecule has 0 aliphatic rings. The number of methoxy groups -OCH3 is 2. The van der Waals surface area contributed by atoms with Gasteiger partial charge in [-0.05, 0) is 31.5 Å². The summed E-state index contributed by atoms with van der Waals surface area (Å²) in [4.78, 5) is 18.7. The number of fused-ring (bicyclic) bond motifs is 1. The van der Waals surface area contributed by atoms with E-state index in [0.717, 1.165) is 12.1 Å². The Morgan fingerprint density at radius 2 is 1.63 bits per heavy atom. The molecule has 3 heterocycles. The number of benzene rings is 1. The number of hydrogen-bond acceptors (Lipinski definition) is 7. The summed E-state index contributed by atoms with van der Waals surface area (Å²) in [6.07, 6.45) is 2.53. The summed E-state index contributed by atoms with van der Waals surface area (Å²) < 4.78 is 18.7. The van der Waals surface area contributed by atoms with E-state index in [0.29, 0.717) is 52.5 Å². The molecule has 0 spiro atoms. The Labute approximate surface area is 174 Å². The Morgan fingerprint density at radius 3 is 2.30 bits per heavy atom. The minimum atomic E-state index is 0.524. The number of hydrogen-bond donors (Lipinski definition) is 0. The van der Waals surface area contributed by atoms with Crippen LogP contribution in [0.3, 0.4) is 0 Å². The van der Waals surface area contributed by atoms with E-state index in [1.54, 1.807) is 20.4 Å². The predicted molar refractivity (Wildman–Crippen MR) is 114 cm³/mol. The molecule has 0 saturated heterocycles. The van der Waals surface area contributed by atoms with E-state index >= 15 is 0 Å². The van der Waals surface area contributed by atoms with Gasteiger partial charge in [-0.1, -0.05) is 19.1 Å². The van der Waals surface area contributed by atoms with Crippen molar-refractivity contribution in [3.63, 3.8) is 0 Å². The summed E-state index contributed by atoms with van der Waals surface area (Å²) in [5, 5.41) is 0. The molecule has 1 aromatic carbocycles. The third-order valence-electron chi connectivity index (χ3n) is 4.65. The van der Waals surface area contributed by atoms with Crippen molar-refractivity contribution in [1.29, 1.82) is 0 Å². The smallest absolute Gasteiger partial charge is 0.213 e. The van der Waals surface area contributed by atoms with Gasteiger partial charge in [0.2, 0.25) is 5.88 Å². The van der Waals surface area contributed by atoms with Crippen molar-refractivity contribution < 1.29 is 14.2 Å². The van der Waals surface area contributed by atoms with E-state index < -0.39 is 0 Å². The Morgan fingerprint density at radius 1 is 0.900 bits per heavy atom. The number of rotatable bonds is 7. The van der Waals surface area contributed by atoms with Gasteiger partial charge in [-0.3, -0.25) is 4.57 Å². The number of imidazole rings is 1. The highest BCUT2D eigenvalue weighted by Crippen LogP contribution is 2.37. The number of aromatic nitrogens is 5. The molecule has 0 radical (unpaired) electrons. The van der Waals surface area contributed by atoms with Crippen LogP contribution in [-0.2, 0) is 6.42 Å². The van der Waals surface area contributed by atoms with Crippen LogP contribution < -0.4 is 14.2 Å². The van der Waals surface area contributed by atoms with E-state index in [1.807, 2.05) is 54.8 Å². The number of ether oxygens (including phenoxy) is 3. The highest BCUT2D eigenvalue weighted by Gasteiger charge is 2.23. The Kier molecular flexibility index (Phi) is 5.47. The van der Waals surface area contributed by atoms with Crippen LogP contribution >= 0.6 is 0 Å². The van der Waals surface area contributed by atoms with Gasteiger partial charge >= 0.3 is 0 Å². The lowest BCUT2D eigenvalue weighted by Crippen LogP contribution is -2.05. The van der Waals surface area contributed by atoms with Crippen molar-refractivity contribution in [3.8, 4) is 34.6 Å². The largest absolute Gasteiger partial charge is 0.494 e. The minimum Gasteiger partial charge on any atom is -0.494 e. The van der Waals surface area contributed by atoms with E-state index in [1.165, 1.54) is 0 Å². The average molecular weight is 405 g/mol. The van der Waals surface area contributed by atoms with Crippen molar-refractivity contribution in [3.05, 3.63) is 48.3 Å². The lowest BCUT2D eigenvalue weighted by Gasteiger charge is -2.16. The number of para-hydroxylation sites is 1. The van der Waals surface area contributed by atoms with Crippen LogP contribution in [0.1, 0.15) is 19.5 Å². The molecule has 0 N–H and O–H groups in total. The zero-order valence-electron chi connectivity index (χ0n) is 17.4. The van der Waals surface area contributed by atoms with E-state index in [4.69, 9.17) is 19.2 Å². The van der Waals surface area contributed by atoms with Gasteiger partial charge in [-0.25, -0.2) is 19.9 Å². The van der Waals surface area contributed by atoms with E-state index in [2.05, 4.69) is 15.0 Å². The molecule has 4 rings (SSSR count). The first-order valence-electron chi connectivity index (χ1n) is 9.76. The normalized spacial score (nSPS) is 10.9. The molecule has 0 amide bonds. The number of pyridine rings is 1. The maximum Gasteiger partial charge on any atom is 0.213 e. The lowest BCUT2D eigenvalue weighted by atomic mass is 10.2. The predicted octanol–water partition coefficient (Wildman–Crippen LogP) is 3.86. The van der Waals surface area contributed by atoms with Crippen molar-refractivity contribution in [2.75, 3.05) is 20.8 Å². The third kappa shape index (κ3) is 3.41. The summed E-state index contributed by atoms with van der Waals surface area (Å²) in [5.41, 5.74) is 3.30. The average Bonchev–Trinajstić information content (AvgIpc) is 3.17. The van der Waals surface area contributed by atoms with Gasteiger partial charge in [0.1, 0.15) is 22.9 Å². The standard InChI is InChI=1S/C22H23N5O3/c1-5-14-13-23-22-20(24-14)26-21(15-9-7-12-18(25-15)30-6-2)27(22)19-16(28-3)10-8-11-17(19)29-4/h7-13H,5-6H2,1-4H3. The van der Waals surface area contributed by atoms with Crippen LogP contribution in [-0.4, -0.2) is 45.3 Å². The first kappa shape index (κ1) is 19.6. The molecule has 0 atom stereocenters. The first-order valence-corrected chi connectivity index (χ1v) is 9.76. The van der Waals surface area contributed by atoms with Crippen molar-refractivity contribution >= 4 is 11.3 Å². The van der Waals surface area contributed by atoms with Gasteiger partial charge in [-0.15, -0.1) is 0 Å². The second-order valence-electron chi connectivity index (χ2n) is 6.44. The Hall–Kier alpha value is -3.68. The summed E-state index contributed by atoms with van der Waals surface area (Å²) in [6.45, 7) is 4.48. The summed E-state index contributed by atoms with van der Waals surface area (Å²) in [7, 11) is 3.23. The maximum atomic E-state index is 5.64. The summed E-state index contributed by atoms with van der Waals surface area (Å²) in [5.74, 6) is 2.34. The SMILES string of the molecule is CCOc1cccc(-c2nc3nc(CC)cnc3n2-c2c(OC)cccc2OC)n1. The zero-order chi connectivity index (χ0) is 21.1. The van der Waals surface area contributed by atoms with Crippen LogP contribution in [0, 0.1) is 0 Å². The maximum absolute atomic E-state index is 5.64. The molecule has 0 aliphatic heterocycles. The molecule has 4 aromatic rings. The molecule has 8 heteroatoms. The second kappa shape index (κ2) is 8.36. The van der Waals surface area contributed by atoms with Crippen LogP contribution in [0.25, 0.3) is 28.5 Å². The van der Waals surface area contributed by atoms with Gasteiger partial charge in [-0.2, -0.15) is 0 Å². The highest BCUT2D eigenvalue weighted by atomic mass is 16.5. The van der Waals surface area contributed by atoms with Crippen LogP contribution in [0.15, 0.2) is 42.6 Å². The van der Waals surface area contributed by atoms with Gasteiger partial charge in [0.25, 0.3) is 0 Å². The molecule has 0 bridgehead atoms. The van der Waals surface area contributed by atoms with E-state index in [9.17, 15) is 0 Å². The highest BCUT2D eigenvalue weighted by molar-refractivity contribution is 5.79. The minimum absolute atomic E-state index is 0.524. The van der Waals surface area contributed by atoms with Crippen LogP contribution in [0.4, 0.5) is 0 Å². The molecule has 8 nitrogen and oxygen atoms in total. The monoisotopic (exact) mass is 405 g/mol. The van der Waals surface area contributed by atoms with Crippen LogP contribution in [0.2, 0.25) is 0 Å². The third-order valence-corrected chi connectivity index (χ3v) is 4.65. The summed E-state index contributed by atoms with van der Waals surface area (Å²) >= 11 is 0. The number of nitrogens with zero attached hydrogens (tertiary/aromatic N) is 5. The fourth-order valence-corrected chi connectivity index (χ4v) is 3.27. The fraction of sp³-hybridized carbons (Fsp3) is 0.273. The van der Waals surface area contributed by atoms with Gasteiger partial charge in [0.05, 0.1) is 32.7 Å². The molecule has 0 saturated carbocycles. The molecule has 154 valence electrons. The fourth-order valence-electron chi connectivity index (χ4n) is 3.27. The quantitative estimate of drug-likeness (QED) is 0.462. The molecule has 0 fully saturated rings. The van der Waals surface area contributed by atoms with Crippen molar-refractivity contribution in [2.24, 2.45) is 0 Å². The topological polar surface area (TPSA) is 84.2 Å². The first-order chi connectivity index (χ1) is 14.7. The van der Waals surface area contributed by atoms with Crippen molar-refractivity contribution in [1.82, 2.24) is 24.5 Å². The van der Waals surface area contributed by atoms with Gasteiger partial charge in [0.15, 0.2) is 17.1 Å². The molecule has 0 aliphatic carbocycles.